The van der Waals surface area contributed by atoms with Crippen LogP contribution in [0.4, 0.5) is 0 Å². The maximum atomic E-state index is 11.9. The molecule has 1 amide bonds. The fraction of sp³-hybridized carbons (Fsp3) is 0.929. The number of likely N-dealkylation sites (N-methyl/N-ethyl adjacent to an activating group) is 1. The van der Waals surface area contributed by atoms with Gasteiger partial charge in [-0.2, -0.15) is 0 Å². The molecule has 1 fully saturated rings. The zero-order valence-electron chi connectivity index (χ0n) is 12.3. The van der Waals surface area contributed by atoms with Crippen LogP contribution in [-0.4, -0.2) is 47.2 Å². The summed E-state index contributed by atoms with van der Waals surface area (Å²) in [6.07, 6.45) is 4.82. The Morgan fingerprint density at radius 1 is 1.39 bits per heavy atom. The van der Waals surface area contributed by atoms with Crippen LogP contribution in [0.5, 0.6) is 0 Å². The fourth-order valence-corrected chi connectivity index (χ4v) is 2.50. The molecule has 0 heterocycles. The molecule has 4 nitrogen and oxygen atoms in total. The molecule has 0 atom stereocenters. The number of nitrogens with zero attached hydrogens (tertiary/aromatic N) is 1. The van der Waals surface area contributed by atoms with Gasteiger partial charge >= 0.3 is 0 Å². The van der Waals surface area contributed by atoms with E-state index in [1.54, 1.807) is 0 Å². The Morgan fingerprint density at radius 3 is 2.44 bits per heavy atom. The lowest BCUT2D eigenvalue weighted by atomic mass is 10.0. The molecule has 0 unspecified atom stereocenters. The van der Waals surface area contributed by atoms with Crippen LogP contribution in [-0.2, 0) is 4.79 Å². The Morgan fingerprint density at radius 2 is 1.94 bits per heavy atom. The molecule has 106 valence electrons. The summed E-state index contributed by atoms with van der Waals surface area (Å²) in [7, 11) is 1.90. The van der Waals surface area contributed by atoms with Crippen molar-refractivity contribution < 1.29 is 9.90 Å². The van der Waals surface area contributed by atoms with E-state index in [4.69, 9.17) is 0 Å². The monoisotopic (exact) mass is 256 g/mol. The lowest BCUT2D eigenvalue weighted by Crippen LogP contribution is -2.49. The van der Waals surface area contributed by atoms with Crippen LogP contribution < -0.4 is 5.32 Å². The summed E-state index contributed by atoms with van der Waals surface area (Å²) in [5, 5.41) is 13.3. The second-order valence-corrected chi connectivity index (χ2v) is 6.39. The van der Waals surface area contributed by atoms with E-state index in [0.717, 1.165) is 32.1 Å². The van der Waals surface area contributed by atoms with Crippen molar-refractivity contribution in [2.75, 3.05) is 20.1 Å². The van der Waals surface area contributed by atoms with E-state index in [9.17, 15) is 9.90 Å². The quantitative estimate of drug-likeness (QED) is 0.758. The van der Waals surface area contributed by atoms with Gasteiger partial charge in [-0.1, -0.05) is 19.8 Å². The van der Waals surface area contributed by atoms with Gasteiger partial charge in [0.05, 0.1) is 12.1 Å². The lowest BCUT2D eigenvalue weighted by Gasteiger charge is -2.30. The molecule has 0 saturated heterocycles. The molecule has 0 aliphatic heterocycles. The van der Waals surface area contributed by atoms with Crippen molar-refractivity contribution >= 4 is 5.91 Å². The molecule has 4 heteroatoms. The summed E-state index contributed by atoms with van der Waals surface area (Å²) in [6.45, 7) is 7.05. The molecular formula is C14H28N2O2. The van der Waals surface area contributed by atoms with Gasteiger partial charge in [-0.05, 0) is 40.2 Å². The minimum absolute atomic E-state index is 0.0333. The van der Waals surface area contributed by atoms with Gasteiger partial charge in [-0.25, -0.2) is 0 Å². The summed E-state index contributed by atoms with van der Waals surface area (Å²) < 4.78 is 0. The van der Waals surface area contributed by atoms with E-state index in [2.05, 4.69) is 12.2 Å². The first kappa shape index (κ1) is 15.4. The minimum atomic E-state index is -0.574. The molecule has 1 aliphatic rings. The molecule has 1 saturated carbocycles. The van der Waals surface area contributed by atoms with Crippen molar-refractivity contribution in [2.45, 2.75) is 64.0 Å². The summed E-state index contributed by atoms with van der Waals surface area (Å²) >= 11 is 0. The summed E-state index contributed by atoms with van der Waals surface area (Å²) in [4.78, 5) is 13.8. The van der Waals surface area contributed by atoms with Crippen LogP contribution in [0.15, 0.2) is 0 Å². The topological polar surface area (TPSA) is 52.6 Å². The SMILES string of the molecule is CCC(C)(C)NC(=O)CN(C)CC1(O)CCCC1. The van der Waals surface area contributed by atoms with Gasteiger partial charge in [-0.15, -0.1) is 0 Å². The summed E-state index contributed by atoms with van der Waals surface area (Å²) in [5.41, 5.74) is -0.725. The second kappa shape index (κ2) is 6.02. The summed E-state index contributed by atoms with van der Waals surface area (Å²) in [5.74, 6) is 0.0333. The maximum Gasteiger partial charge on any atom is 0.234 e. The molecule has 0 aromatic carbocycles. The van der Waals surface area contributed by atoms with Gasteiger partial charge in [0.15, 0.2) is 0 Å². The average Bonchev–Trinajstić information content (AvgIpc) is 2.63. The lowest BCUT2D eigenvalue weighted by molar-refractivity contribution is -0.124. The number of amides is 1. The van der Waals surface area contributed by atoms with Crippen molar-refractivity contribution in [2.24, 2.45) is 0 Å². The van der Waals surface area contributed by atoms with Crippen molar-refractivity contribution in [3.05, 3.63) is 0 Å². The first-order valence-electron chi connectivity index (χ1n) is 6.98. The molecule has 0 spiro atoms. The third-order valence-electron chi connectivity index (χ3n) is 3.87. The normalized spacial score (nSPS) is 19.2. The summed E-state index contributed by atoms with van der Waals surface area (Å²) in [6, 6.07) is 0. The fourth-order valence-electron chi connectivity index (χ4n) is 2.50. The number of rotatable bonds is 6. The van der Waals surface area contributed by atoms with Crippen LogP contribution in [0.25, 0.3) is 0 Å². The number of carbonyl (C=O) groups excluding carboxylic acids is 1. The molecule has 1 rings (SSSR count). The number of aliphatic hydroxyl groups is 1. The van der Waals surface area contributed by atoms with Crippen molar-refractivity contribution in [1.82, 2.24) is 10.2 Å². The Labute approximate surface area is 111 Å². The predicted molar refractivity (Wildman–Crippen MR) is 73.4 cm³/mol. The van der Waals surface area contributed by atoms with Gasteiger partial charge in [-0.3, -0.25) is 9.69 Å². The highest BCUT2D eigenvalue weighted by atomic mass is 16.3. The number of carbonyl (C=O) groups is 1. The highest BCUT2D eigenvalue weighted by Gasteiger charge is 2.32. The molecule has 18 heavy (non-hydrogen) atoms. The Balaban J connectivity index is 2.35. The van der Waals surface area contributed by atoms with Gasteiger partial charge in [0.25, 0.3) is 0 Å². The van der Waals surface area contributed by atoms with E-state index < -0.39 is 5.60 Å². The van der Waals surface area contributed by atoms with Gasteiger partial charge in [0.2, 0.25) is 5.91 Å². The molecule has 1 aliphatic carbocycles. The van der Waals surface area contributed by atoms with Crippen molar-refractivity contribution in [3.63, 3.8) is 0 Å². The Kier molecular flexibility index (Phi) is 5.17. The largest absolute Gasteiger partial charge is 0.389 e. The zero-order chi connectivity index (χ0) is 13.8. The first-order chi connectivity index (χ1) is 8.26. The maximum absolute atomic E-state index is 11.9. The average molecular weight is 256 g/mol. The number of hydrogen-bond acceptors (Lipinski definition) is 3. The standard InChI is InChI=1S/C14H28N2O2/c1-5-13(2,3)15-12(17)10-16(4)11-14(18)8-6-7-9-14/h18H,5-11H2,1-4H3,(H,15,17). The van der Waals surface area contributed by atoms with Crippen molar-refractivity contribution in [1.29, 1.82) is 0 Å². The third kappa shape index (κ3) is 4.94. The van der Waals surface area contributed by atoms with Crippen LogP contribution in [0.3, 0.4) is 0 Å². The smallest absolute Gasteiger partial charge is 0.234 e. The number of nitrogens with one attached hydrogen (secondary N) is 1. The Hall–Kier alpha value is -0.610. The molecule has 2 N–H and O–H groups in total. The molecular weight excluding hydrogens is 228 g/mol. The van der Waals surface area contributed by atoms with E-state index in [1.165, 1.54) is 0 Å². The van der Waals surface area contributed by atoms with E-state index >= 15 is 0 Å². The minimum Gasteiger partial charge on any atom is -0.389 e. The highest BCUT2D eigenvalue weighted by Crippen LogP contribution is 2.29. The first-order valence-corrected chi connectivity index (χ1v) is 6.98. The second-order valence-electron chi connectivity index (χ2n) is 6.39. The molecule has 0 radical (unpaired) electrons. The van der Waals surface area contributed by atoms with E-state index in [-0.39, 0.29) is 11.4 Å². The molecule has 0 bridgehead atoms. The van der Waals surface area contributed by atoms with Crippen LogP contribution in [0, 0.1) is 0 Å². The Bertz CT molecular complexity index is 284. The van der Waals surface area contributed by atoms with Gasteiger partial charge in [0.1, 0.15) is 0 Å². The third-order valence-corrected chi connectivity index (χ3v) is 3.87. The molecule has 0 aromatic heterocycles. The van der Waals surface area contributed by atoms with E-state index in [1.807, 2.05) is 25.8 Å². The van der Waals surface area contributed by atoms with Crippen LogP contribution in [0.1, 0.15) is 52.9 Å². The van der Waals surface area contributed by atoms with Gasteiger partial charge in [0, 0.05) is 12.1 Å². The van der Waals surface area contributed by atoms with Crippen LogP contribution >= 0.6 is 0 Å². The van der Waals surface area contributed by atoms with Crippen molar-refractivity contribution in [3.8, 4) is 0 Å². The number of hydrogen-bond donors (Lipinski definition) is 2. The van der Waals surface area contributed by atoms with E-state index in [0.29, 0.717) is 13.1 Å². The highest BCUT2D eigenvalue weighted by molar-refractivity contribution is 5.78. The predicted octanol–water partition coefficient (Wildman–Crippen LogP) is 1.53. The molecule has 0 aromatic rings. The zero-order valence-corrected chi connectivity index (χ0v) is 12.3. The van der Waals surface area contributed by atoms with Crippen LogP contribution in [0.2, 0.25) is 0 Å². The van der Waals surface area contributed by atoms with Gasteiger partial charge < -0.3 is 10.4 Å².